The minimum absolute atomic E-state index is 0.450. The molecule has 0 bridgehead atoms. The molecule has 0 saturated heterocycles. The number of hydrogen-bond donors (Lipinski definition) is 0. The fourth-order valence-electron chi connectivity index (χ4n) is 7.54. The van der Waals surface area contributed by atoms with Crippen LogP contribution >= 0.6 is 11.3 Å². The number of aromatic nitrogens is 1. The van der Waals surface area contributed by atoms with Crippen LogP contribution in [-0.4, -0.2) is 4.57 Å². The predicted octanol–water partition coefficient (Wildman–Crippen LogP) is 14.5. The van der Waals surface area contributed by atoms with Gasteiger partial charge in [-0.25, -0.2) is 0 Å². The van der Waals surface area contributed by atoms with Crippen molar-refractivity contribution in [1.29, 1.82) is 0 Å². The van der Waals surface area contributed by atoms with Gasteiger partial charge in [-0.1, -0.05) is 133 Å². The Hall–Kier alpha value is -6.68. The van der Waals surface area contributed by atoms with Crippen molar-refractivity contribution >= 4 is 61.0 Å². The minimum atomic E-state index is 0.450. The molecule has 250 valence electrons. The topological polar surface area (TPSA) is 8.17 Å². The molecule has 53 heavy (non-hydrogen) atoms. The molecule has 3 heteroatoms. The maximum absolute atomic E-state index is 9.36. The summed E-state index contributed by atoms with van der Waals surface area (Å²) in [4.78, 5) is 4.73. The lowest BCUT2D eigenvalue weighted by Gasteiger charge is -2.27. The van der Waals surface area contributed by atoms with E-state index in [2.05, 4.69) is 167 Å². The van der Waals surface area contributed by atoms with Gasteiger partial charge >= 0.3 is 0 Å². The highest BCUT2D eigenvalue weighted by Crippen LogP contribution is 2.41. The molecule has 0 fully saturated rings. The molecule has 0 amide bonds. The fraction of sp³-hybridized carbons (Fsp3) is 0. The summed E-state index contributed by atoms with van der Waals surface area (Å²) in [6.07, 6.45) is 0. The number of rotatable bonds is 7. The molecule has 8 aromatic carbocycles. The van der Waals surface area contributed by atoms with E-state index in [0.29, 0.717) is 12.1 Å². The van der Waals surface area contributed by atoms with Crippen LogP contribution in [0, 0.1) is 0 Å². The molecule has 0 radical (unpaired) electrons. The van der Waals surface area contributed by atoms with Gasteiger partial charge in [0.05, 0.1) is 19.5 Å². The highest BCUT2D eigenvalue weighted by molar-refractivity contribution is 7.18. The van der Waals surface area contributed by atoms with Crippen molar-refractivity contribution in [3.05, 3.63) is 206 Å². The summed E-state index contributed by atoms with van der Waals surface area (Å²) >= 11 is 1.78. The van der Waals surface area contributed by atoms with Crippen molar-refractivity contribution in [3.8, 4) is 37.7 Å². The lowest BCUT2D eigenvalue weighted by Crippen LogP contribution is -2.10. The zero-order chi connectivity index (χ0) is 36.9. The van der Waals surface area contributed by atoms with Gasteiger partial charge in [-0.2, -0.15) is 0 Å². The van der Waals surface area contributed by atoms with E-state index < -0.39 is 0 Å². The van der Waals surface area contributed by atoms with Crippen LogP contribution < -0.4 is 4.90 Å². The Morgan fingerprint density at radius 1 is 0.434 bits per heavy atom. The second kappa shape index (κ2) is 13.1. The number of anilines is 3. The first-order chi connectivity index (χ1) is 27.1. The molecule has 2 aromatic heterocycles. The van der Waals surface area contributed by atoms with Gasteiger partial charge < -0.3 is 9.47 Å². The molecular formula is C50H34N2S. The number of para-hydroxylation sites is 2. The monoisotopic (exact) mass is 696 g/mol. The second-order valence-electron chi connectivity index (χ2n) is 13.2. The normalized spacial score (nSPS) is 11.9. The third-order valence-electron chi connectivity index (χ3n) is 10.1. The first kappa shape index (κ1) is 29.0. The van der Waals surface area contributed by atoms with E-state index in [1.165, 1.54) is 26.1 Å². The van der Waals surface area contributed by atoms with E-state index in [1.54, 1.807) is 11.3 Å². The summed E-state index contributed by atoms with van der Waals surface area (Å²) < 4.78 is 20.1. The third-order valence-corrected chi connectivity index (χ3v) is 11.2. The van der Waals surface area contributed by atoms with Crippen LogP contribution in [0.15, 0.2) is 206 Å². The van der Waals surface area contributed by atoms with E-state index in [9.17, 15) is 1.37 Å². The summed E-state index contributed by atoms with van der Waals surface area (Å²) in [5.41, 5.74) is 10.3. The molecule has 0 unspecified atom stereocenters. The van der Waals surface area contributed by atoms with Gasteiger partial charge in [0.1, 0.15) is 0 Å². The van der Waals surface area contributed by atoms with Gasteiger partial charge in [-0.15, -0.1) is 11.3 Å². The molecule has 0 spiro atoms. The first-order valence-corrected chi connectivity index (χ1v) is 18.7. The standard InChI is InChI=1S/C50H34N2S/c1-3-14-37(15-4-1)49-31-32-50(53-49)39-17-11-20-42(33-39)52-47-23-10-9-22-44(47)45-34-38(27-30-48(45)52)35-25-28-41(29-26-35)51(40-18-5-2-6-19-40)46-24-12-16-36-13-7-8-21-43(36)46/h1-34H/i10D,27D. The minimum Gasteiger partial charge on any atom is -0.310 e. The van der Waals surface area contributed by atoms with Crippen LogP contribution in [0.4, 0.5) is 17.1 Å². The average Bonchev–Trinajstić information content (AvgIpc) is 3.85. The molecule has 0 aliphatic carbocycles. The Balaban J connectivity index is 1.07. The zero-order valence-corrected chi connectivity index (χ0v) is 29.6. The van der Waals surface area contributed by atoms with Gasteiger partial charge in [-0.3, -0.25) is 0 Å². The summed E-state index contributed by atoms with van der Waals surface area (Å²) in [5.74, 6) is 0. The van der Waals surface area contributed by atoms with Crippen molar-refractivity contribution in [2.45, 2.75) is 0 Å². The lowest BCUT2D eigenvalue weighted by atomic mass is 10.0. The van der Waals surface area contributed by atoms with E-state index in [4.69, 9.17) is 1.37 Å². The van der Waals surface area contributed by atoms with Crippen LogP contribution in [0.1, 0.15) is 2.74 Å². The Morgan fingerprint density at radius 2 is 1.09 bits per heavy atom. The smallest absolute Gasteiger partial charge is 0.0630 e. The maximum Gasteiger partial charge on any atom is 0.0630 e. The maximum atomic E-state index is 9.36. The highest BCUT2D eigenvalue weighted by atomic mass is 32.1. The number of hydrogen-bond acceptors (Lipinski definition) is 2. The van der Waals surface area contributed by atoms with Crippen LogP contribution in [0.5, 0.6) is 0 Å². The lowest BCUT2D eigenvalue weighted by molar-refractivity contribution is 1.18. The van der Waals surface area contributed by atoms with Gasteiger partial charge in [0.2, 0.25) is 0 Å². The molecular weight excluding hydrogens is 661 g/mol. The van der Waals surface area contributed by atoms with Gasteiger partial charge in [0.15, 0.2) is 0 Å². The molecule has 0 atom stereocenters. The van der Waals surface area contributed by atoms with Crippen molar-refractivity contribution in [3.63, 3.8) is 0 Å². The number of nitrogens with zero attached hydrogens (tertiary/aromatic N) is 2. The largest absolute Gasteiger partial charge is 0.310 e. The van der Waals surface area contributed by atoms with Crippen molar-refractivity contribution < 1.29 is 2.74 Å². The van der Waals surface area contributed by atoms with Crippen molar-refractivity contribution in [2.75, 3.05) is 4.90 Å². The quantitative estimate of drug-likeness (QED) is 0.161. The molecule has 2 heterocycles. The van der Waals surface area contributed by atoms with Gasteiger partial charge in [0, 0.05) is 43.0 Å². The SMILES string of the molecule is [2H]c1ccc2c3cc(-c4ccc(N(c5ccccc5)c5cccc6ccccc56)cc4)c([2H])cc3n(-c3cccc(-c4ccc(-c5ccccc5)s4)c3)c2c1. The average molecular weight is 697 g/mol. The zero-order valence-electron chi connectivity index (χ0n) is 30.8. The van der Waals surface area contributed by atoms with E-state index in [0.717, 1.165) is 61.2 Å². The molecule has 0 saturated carbocycles. The molecule has 0 aliphatic rings. The Labute approximate surface area is 315 Å². The molecule has 10 rings (SSSR count). The van der Waals surface area contributed by atoms with E-state index in [-0.39, 0.29) is 0 Å². The number of fused-ring (bicyclic) bond motifs is 4. The fourth-order valence-corrected chi connectivity index (χ4v) is 8.55. The van der Waals surface area contributed by atoms with E-state index >= 15 is 0 Å². The summed E-state index contributed by atoms with van der Waals surface area (Å²) in [7, 11) is 0. The first-order valence-electron chi connectivity index (χ1n) is 18.8. The summed E-state index contributed by atoms with van der Waals surface area (Å²) in [6, 6.07) is 68.4. The molecule has 10 aromatic rings. The van der Waals surface area contributed by atoms with Gasteiger partial charge in [-0.05, 0) is 100 Å². The summed E-state index contributed by atoms with van der Waals surface area (Å²) in [6.45, 7) is 0. The molecule has 2 nitrogen and oxygen atoms in total. The molecule has 0 aliphatic heterocycles. The Bertz CT molecular complexity index is 3000. The highest BCUT2D eigenvalue weighted by Gasteiger charge is 2.17. The van der Waals surface area contributed by atoms with Crippen molar-refractivity contribution in [1.82, 2.24) is 4.57 Å². The number of thiophene rings is 1. The number of benzene rings is 8. The van der Waals surface area contributed by atoms with Crippen molar-refractivity contribution in [2.24, 2.45) is 0 Å². The summed E-state index contributed by atoms with van der Waals surface area (Å²) in [5, 5.41) is 4.49. The Morgan fingerprint density at radius 3 is 1.94 bits per heavy atom. The van der Waals surface area contributed by atoms with Crippen LogP contribution in [-0.2, 0) is 0 Å². The van der Waals surface area contributed by atoms with Crippen LogP contribution in [0.2, 0.25) is 0 Å². The van der Waals surface area contributed by atoms with Crippen LogP contribution in [0.25, 0.3) is 70.3 Å². The third kappa shape index (κ3) is 5.59. The second-order valence-corrected chi connectivity index (χ2v) is 14.3. The van der Waals surface area contributed by atoms with Gasteiger partial charge in [0.25, 0.3) is 0 Å². The molecule has 0 N–H and O–H groups in total. The predicted molar refractivity (Wildman–Crippen MR) is 227 cm³/mol. The Kier molecular flexibility index (Phi) is 7.18. The van der Waals surface area contributed by atoms with E-state index in [1.807, 2.05) is 36.4 Å². The van der Waals surface area contributed by atoms with Crippen LogP contribution in [0.3, 0.4) is 0 Å².